The average molecular weight is 305 g/mol. The van der Waals surface area contributed by atoms with Gasteiger partial charge in [0.25, 0.3) is 5.91 Å². The summed E-state index contributed by atoms with van der Waals surface area (Å²) in [7, 11) is 1.54. The molecule has 0 aromatic heterocycles. The minimum absolute atomic E-state index is 0.154. The summed E-state index contributed by atoms with van der Waals surface area (Å²) in [6.45, 7) is 0.548. The standard InChI is InChI=1S/C16H17ClN2O2/c1-21-15-7-4-12(10-14(15)18)16(20)19-9-8-11-2-5-13(17)6-3-11/h2-7,10H,8-9,18H2,1H3,(H,19,20). The van der Waals surface area contributed by atoms with Crippen LogP contribution in [0.2, 0.25) is 5.02 Å². The van der Waals surface area contributed by atoms with Crippen molar-refractivity contribution in [2.45, 2.75) is 6.42 Å². The Balaban J connectivity index is 1.89. The van der Waals surface area contributed by atoms with Crippen molar-refractivity contribution in [3.05, 3.63) is 58.6 Å². The number of nitrogens with one attached hydrogen (secondary N) is 1. The second kappa shape index (κ2) is 6.99. The van der Waals surface area contributed by atoms with Gasteiger partial charge in [-0.15, -0.1) is 0 Å². The molecule has 1 amide bonds. The zero-order valence-corrected chi connectivity index (χ0v) is 12.5. The van der Waals surface area contributed by atoms with Crippen LogP contribution in [0.4, 0.5) is 5.69 Å². The number of methoxy groups -OCH3 is 1. The highest BCUT2D eigenvalue weighted by Crippen LogP contribution is 2.21. The molecular weight excluding hydrogens is 288 g/mol. The molecule has 0 unspecified atom stereocenters. The van der Waals surface area contributed by atoms with Crippen LogP contribution in [0.25, 0.3) is 0 Å². The van der Waals surface area contributed by atoms with E-state index < -0.39 is 0 Å². The predicted molar refractivity (Wildman–Crippen MR) is 84.9 cm³/mol. The Hall–Kier alpha value is -2.20. The number of hydrogen-bond donors (Lipinski definition) is 2. The second-order valence-corrected chi connectivity index (χ2v) is 5.03. The van der Waals surface area contributed by atoms with Gasteiger partial charge < -0.3 is 15.8 Å². The quantitative estimate of drug-likeness (QED) is 0.835. The number of benzene rings is 2. The fourth-order valence-corrected chi connectivity index (χ4v) is 2.08. The summed E-state index contributed by atoms with van der Waals surface area (Å²) in [5.74, 6) is 0.408. The average Bonchev–Trinajstić information content (AvgIpc) is 2.49. The van der Waals surface area contributed by atoms with Crippen LogP contribution in [0.1, 0.15) is 15.9 Å². The summed E-state index contributed by atoms with van der Waals surface area (Å²) in [6, 6.07) is 12.5. The first kappa shape index (κ1) is 15.2. The van der Waals surface area contributed by atoms with Crippen LogP contribution in [0.3, 0.4) is 0 Å². The maximum Gasteiger partial charge on any atom is 0.251 e. The van der Waals surface area contributed by atoms with Gasteiger partial charge in [0.15, 0.2) is 0 Å². The number of carbonyl (C=O) groups is 1. The Labute approximate surface area is 128 Å². The molecule has 0 aliphatic carbocycles. The Morgan fingerprint density at radius 3 is 2.57 bits per heavy atom. The molecule has 110 valence electrons. The Morgan fingerprint density at radius 1 is 1.24 bits per heavy atom. The number of nitrogen functional groups attached to an aromatic ring is 1. The molecule has 4 nitrogen and oxygen atoms in total. The topological polar surface area (TPSA) is 64.3 Å². The van der Waals surface area contributed by atoms with Crippen molar-refractivity contribution >= 4 is 23.2 Å². The van der Waals surface area contributed by atoms with E-state index in [0.29, 0.717) is 28.6 Å². The Bertz CT molecular complexity index is 627. The number of anilines is 1. The molecule has 2 rings (SSSR count). The first-order valence-electron chi connectivity index (χ1n) is 6.56. The van der Waals surface area contributed by atoms with Crippen molar-refractivity contribution < 1.29 is 9.53 Å². The van der Waals surface area contributed by atoms with E-state index in [4.69, 9.17) is 22.1 Å². The zero-order valence-electron chi connectivity index (χ0n) is 11.7. The highest BCUT2D eigenvalue weighted by molar-refractivity contribution is 6.30. The number of ether oxygens (including phenoxy) is 1. The van der Waals surface area contributed by atoms with Crippen LogP contribution in [0, 0.1) is 0 Å². The third-order valence-corrected chi connectivity index (χ3v) is 3.36. The van der Waals surface area contributed by atoms with Crippen LogP contribution in [0.5, 0.6) is 5.75 Å². The van der Waals surface area contributed by atoms with Gasteiger partial charge in [-0.1, -0.05) is 23.7 Å². The smallest absolute Gasteiger partial charge is 0.251 e. The number of rotatable bonds is 5. The molecule has 0 fully saturated rings. The zero-order chi connectivity index (χ0) is 15.2. The summed E-state index contributed by atoms with van der Waals surface area (Å²) in [4.78, 5) is 12.0. The van der Waals surface area contributed by atoms with E-state index in [9.17, 15) is 4.79 Å². The molecule has 0 saturated carbocycles. The van der Waals surface area contributed by atoms with Crippen LogP contribution < -0.4 is 15.8 Å². The summed E-state index contributed by atoms with van der Waals surface area (Å²) in [5.41, 5.74) is 7.87. The van der Waals surface area contributed by atoms with E-state index >= 15 is 0 Å². The lowest BCUT2D eigenvalue weighted by molar-refractivity contribution is 0.0954. The van der Waals surface area contributed by atoms with Gasteiger partial charge in [0.05, 0.1) is 12.8 Å². The van der Waals surface area contributed by atoms with E-state index in [1.54, 1.807) is 18.2 Å². The summed E-state index contributed by atoms with van der Waals surface area (Å²) >= 11 is 5.82. The number of carbonyl (C=O) groups excluding carboxylic acids is 1. The van der Waals surface area contributed by atoms with Gasteiger partial charge in [0, 0.05) is 17.1 Å². The van der Waals surface area contributed by atoms with Crippen LogP contribution in [0.15, 0.2) is 42.5 Å². The van der Waals surface area contributed by atoms with Gasteiger partial charge in [-0.25, -0.2) is 0 Å². The Kier molecular flexibility index (Phi) is 5.06. The highest BCUT2D eigenvalue weighted by atomic mass is 35.5. The lowest BCUT2D eigenvalue weighted by Gasteiger charge is -2.08. The largest absolute Gasteiger partial charge is 0.495 e. The van der Waals surface area contributed by atoms with Crippen LogP contribution in [-0.2, 0) is 6.42 Å². The first-order chi connectivity index (χ1) is 10.1. The van der Waals surface area contributed by atoms with Crippen LogP contribution >= 0.6 is 11.6 Å². The number of halogens is 1. The molecule has 0 radical (unpaired) electrons. The molecule has 0 aliphatic heterocycles. The fourth-order valence-electron chi connectivity index (χ4n) is 1.95. The summed E-state index contributed by atoms with van der Waals surface area (Å²) < 4.78 is 5.06. The van der Waals surface area contributed by atoms with E-state index in [1.807, 2.05) is 24.3 Å². The number of amides is 1. The number of hydrogen-bond acceptors (Lipinski definition) is 3. The van der Waals surface area contributed by atoms with Crippen molar-refractivity contribution in [2.24, 2.45) is 0 Å². The SMILES string of the molecule is COc1ccc(C(=O)NCCc2ccc(Cl)cc2)cc1N. The summed E-state index contributed by atoms with van der Waals surface area (Å²) in [6.07, 6.45) is 0.745. The van der Waals surface area contributed by atoms with Gasteiger partial charge in [0.2, 0.25) is 0 Å². The van der Waals surface area contributed by atoms with Crippen molar-refractivity contribution in [1.29, 1.82) is 0 Å². The van der Waals surface area contributed by atoms with Gasteiger partial charge in [-0.2, -0.15) is 0 Å². The minimum Gasteiger partial charge on any atom is -0.495 e. The highest BCUT2D eigenvalue weighted by Gasteiger charge is 2.08. The van der Waals surface area contributed by atoms with Crippen molar-refractivity contribution in [3.63, 3.8) is 0 Å². The third kappa shape index (κ3) is 4.13. The van der Waals surface area contributed by atoms with Gasteiger partial charge >= 0.3 is 0 Å². The lowest BCUT2D eigenvalue weighted by atomic mass is 10.1. The monoisotopic (exact) mass is 304 g/mol. The van der Waals surface area contributed by atoms with Crippen LogP contribution in [-0.4, -0.2) is 19.6 Å². The molecule has 5 heteroatoms. The molecule has 2 aromatic carbocycles. The Morgan fingerprint density at radius 2 is 1.95 bits per heavy atom. The predicted octanol–water partition coefficient (Wildman–Crippen LogP) is 2.90. The van der Waals surface area contributed by atoms with E-state index in [-0.39, 0.29) is 5.91 Å². The van der Waals surface area contributed by atoms with Crippen molar-refractivity contribution in [2.75, 3.05) is 19.4 Å². The molecule has 0 spiro atoms. The van der Waals surface area contributed by atoms with Gasteiger partial charge in [0.1, 0.15) is 5.75 Å². The summed E-state index contributed by atoms with van der Waals surface area (Å²) in [5, 5.41) is 3.56. The third-order valence-electron chi connectivity index (χ3n) is 3.10. The molecule has 0 atom stereocenters. The first-order valence-corrected chi connectivity index (χ1v) is 6.94. The maximum atomic E-state index is 12.0. The van der Waals surface area contributed by atoms with Crippen molar-refractivity contribution in [3.8, 4) is 5.75 Å². The molecular formula is C16H17ClN2O2. The van der Waals surface area contributed by atoms with Crippen molar-refractivity contribution in [1.82, 2.24) is 5.32 Å². The van der Waals surface area contributed by atoms with E-state index in [1.165, 1.54) is 7.11 Å². The van der Waals surface area contributed by atoms with E-state index in [0.717, 1.165) is 12.0 Å². The molecule has 0 heterocycles. The normalized spacial score (nSPS) is 10.2. The van der Waals surface area contributed by atoms with E-state index in [2.05, 4.69) is 5.32 Å². The van der Waals surface area contributed by atoms with Gasteiger partial charge in [-0.05, 0) is 42.3 Å². The molecule has 21 heavy (non-hydrogen) atoms. The molecule has 0 aliphatic rings. The second-order valence-electron chi connectivity index (χ2n) is 4.59. The fraction of sp³-hybridized carbons (Fsp3) is 0.188. The lowest BCUT2D eigenvalue weighted by Crippen LogP contribution is -2.25. The minimum atomic E-state index is -0.154. The number of nitrogens with two attached hydrogens (primary N) is 1. The molecule has 3 N–H and O–H groups in total. The van der Waals surface area contributed by atoms with Gasteiger partial charge in [-0.3, -0.25) is 4.79 Å². The maximum absolute atomic E-state index is 12.0. The molecule has 2 aromatic rings. The molecule has 0 saturated heterocycles. The molecule has 0 bridgehead atoms.